The minimum Gasteiger partial charge on any atom is -0.256 e. The fraction of sp³-hybridized carbons (Fsp3) is 0.607. The zero-order valence-corrected chi connectivity index (χ0v) is 19.3. The van der Waals surface area contributed by atoms with Gasteiger partial charge in [0, 0.05) is 11.8 Å². The van der Waals surface area contributed by atoms with Crippen molar-refractivity contribution >= 4 is 0 Å². The number of halogens is 1. The lowest BCUT2D eigenvalue weighted by atomic mass is 9.70. The highest BCUT2D eigenvalue weighted by molar-refractivity contribution is 5.60. The smallest absolute Gasteiger partial charge is 0.132 e. The van der Waals surface area contributed by atoms with Gasteiger partial charge in [0.2, 0.25) is 0 Å². The molecule has 0 amide bonds. The standard InChI is InChI=1S/C28H40FN/c1-4-6-10-23-15-18-28(30-20-23)26-17-14-22(19-27(26)29)13-16-24-11-7-8-12-25(24)21(3)9-5-2/h14-15,17-21,24-25H,4-13,16H2,1-3H3/t21?,24-,25-/m0/s1. The number of aryl methyl sites for hydroxylation is 2. The van der Waals surface area contributed by atoms with E-state index >= 15 is 0 Å². The van der Waals surface area contributed by atoms with E-state index in [1.165, 1.54) is 63.4 Å². The monoisotopic (exact) mass is 409 g/mol. The molecule has 3 atom stereocenters. The molecule has 0 radical (unpaired) electrons. The molecule has 164 valence electrons. The number of hydrogen-bond donors (Lipinski definition) is 0. The van der Waals surface area contributed by atoms with Gasteiger partial charge in [-0.05, 0) is 79.2 Å². The summed E-state index contributed by atoms with van der Waals surface area (Å²) >= 11 is 0. The molecule has 1 aromatic heterocycles. The average Bonchev–Trinajstić information content (AvgIpc) is 2.77. The predicted molar refractivity (Wildman–Crippen MR) is 126 cm³/mol. The molecule has 1 aliphatic carbocycles. The van der Waals surface area contributed by atoms with Gasteiger partial charge in [0.1, 0.15) is 5.82 Å². The number of benzene rings is 1. The molecule has 0 N–H and O–H groups in total. The van der Waals surface area contributed by atoms with Gasteiger partial charge in [0.25, 0.3) is 0 Å². The normalized spacial score (nSPS) is 20.3. The van der Waals surface area contributed by atoms with E-state index in [0.717, 1.165) is 41.9 Å². The van der Waals surface area contributed by atoms with E-state index in [-0.39, 0.29) is 5.82 Å². The van der Waals surface area contributed by atoms with E-state index in [2.05, 4.69) is 37.9 Å². The first kappa shape index (κ1) is 23.0. The summed E-state index contributed by atoms with van der Waals surface area (Å²) in [5.74, 6) is 2.35. The van der Waals surface area contributed by atoms with Crippen LogP contribution in [0.3, 0.4) is 0 Å². The summed E-state index contributed by atoms with van der Waals surface area (Å²) in [5, 5.41) is 0. The number of rotatable bonds is 10. The van der Waals surface area contributed by atoms with Crippen LogP contribution in [-0.2, 0) is 12.8 Å². The van der Waals surface area contributed by atoms with Crippen molar-refractivity contribution in [2.45, 2.75) is 91.4 Å². The topological polar surface area (TPSA) is 12.9 Å². The third-order valence-corrected chi connectivity index (χ3v) is 7.20. The second-order valence-electron chi connectivity index (χ2n) is 9.48. The van der Waals surface area contributed by atoms with E-state index in [1.807, 2.05) is 18.3 Å². The van der Waals surface area contributed by atoms with Gasteiger partial charge in [0.05, 0.1) is 5.69 Å². The molecule has 1 aromatic carbocycles. The molecule has 30 heavy (non-hydrogen) atoms. The zero-order valence-electron chi connectivity index (χ0n) is 19.3. The Bertz CT molecular complexity index is 767. The lowest BCUT2D eigenvalue weighted by molar-refractivity contribution is 0.154. The Labute approximate surface area is 183 Å². The van der Waals surface area contributed by atoms with Gasteiger partial charge in [-0.25, -0.2) is 4.39 Å². The number of pyridine rings is 1. The van der Waals surface area contributed by atoms with Crippen LogP contribution in [0.15, 0.2) is 36.5 Å². The molecular formula is C28H40FN. The second kappa shape index (κ2) is 11.6. The van der Waals surface area contributed by atoms with Gasteiger partial charge in [-0.2, -0.15) is 0 Å². The van der Waals surface area contributed by atoms with Crippen molar-refractivity contribution in [2.75, 3.05) is 0 Å². The SMILES string of the molecule is CCCCc1ccc(-c2ccc(CC[C@@H]3CCCC[C@H]3C(C)CCC)cc2F)nc1. The maximum Gasteiger partial charge on any atom is 0.132 e. The Morgan fingerprint density at radius 3 is 2.50 bits per heavy atom. The van der Waals surface area contributed by atoms with Crippen LogP contribution in [0.5, 0.6) is 0 Å². The third kappa shape index (κ3) is 6.15. The van der Waals surface area contributed by atoms with Crippen molar-refractivity contribution in [2.24, 2.45) is 17.8 Å². The van der Waals surface area contributed by atoms with Crippen molar-refractivity contribution in [3.63, 3.8) is 0 Å². The highest BCUT2D eigenvalue weighted by Crippen LogP contribution is 2.39. The van der Waals surface area contributed by atoms with Crippen LogP contribution >= 0.6 is 0 Å². The van der Waals surface area contributed by atoms with Crippen LogP contribution in [0.2, 0.25) is 0 Å². The van der Waals surface area contributed by atoms with Crippen LogP contribution in [0.25, 0.3) is 11.3 Å². The lowest BCUT2D eigenvalue weighted by Crippen LogP contribution is -2.26. The number of unbranched alkanes of at least 4 members (excludes halogenated alkanes) is 1. The Morgan fingerprint density at radius 2 is 1.80 bits per heavy atom. The summed E-state index contributed by atoms with van der Waals surface area (Å²) in [4.78, 5) is 4.52. The van der Waals surface area contributed by atoms with Crippen molar-refractivity contribution < 1.29 is 4.39 Å². The van der Waals surface area contributed by atoms with Crippen LogP contribution in [0.1, 0.15) is 89.7 Å². The maximum atomic E-state index is 14.9. The summed E-state index contributed by atoms with van der Waals surface area (Å²) in [7, 11) is 0. The summed E-state index contributed by atoms with van der Waals surface area (Å²) < 4.78 is 14.9. The Hall–Kier alpha value is -1.70. The number of aromatic nitrogens is 1. The second-order valence-corrected chi connectivity index (χ2v) is 9.48. The molecule has 1 unspecified atom stereocenters. The van der Waals surface area contributed by atoms with E-state index in [0.29, 0.717) is 5.56 Å². The van der Waals surface area contributed by atoms with E-state index in [9.17, 15) is 4.39 Å². The van der Waals surface area contributed by atoms with Gasteiger partial charge in [-0.1, -0.05) is 71.4 Å². The first-order chi connectivity index (χ1) is 14.6. The molecule has 1 heterocycles. The predicted octanol–water partition coefficient (Wildman–Crippen LogP) is 8.41. The first-order valence-corrected chi connectivity index (χ1v) is 12.4. The molecule has 1 aliphatic rings. The third-order valence-electron chi connectivity index (χ3n) is 7.20. The molecule has 1 fully saturated rings. The molecule has 2 aromatic rings. The highest BCUT2D eigenvalue weighted by atomic mass is 19.1. The molecule has 0 saturated heterocycles. The molecule has 2 heteroatoms. The summed E-state index contributed by atoms with van der Waals surface area (Å²) in [6, 6.07) is 9.83. The van der Waals surface area contributed by atoms with Crippen molar-refractivity contribution in [3.05, 3.63) is 53.5 Å². The van der Waals surface area contributed by atoms with Gasteiger partial charge in [-0.15, -0.1) is 0 Å². The first-order valence-electron chi connectivity index (χ1n) is 12.4. The van der Waals surface area contributed by atoms with E-state index < -0.39 is 0 Å². The summed E-state index contributed by atoms with van der Waals surface area (Å²) in [5.41, 5.74) is 3.72. The average molecular weight is 410 g/mol. The van der Waals surface area contributed by atoms with Crippen LogP contribution in [-0.4, -0.2) is 4.98 Å². The van der Waals surface area contributed by atoms with Gasteiger partial charge in [0.15, 0.2) is 0 Å². The van der Waals surface area contributed by atoms with Crippen LogP contribution in [0.4, 0.5) is 4.39 Å². The molecule has 0 aliphatic heterocycles. The van der Waals surface area contributed by atoms with Crippen molar-refractivity contribution in [3.8, 4) is 11.3 Å². The Balaban J connectivity index is 1.62. The van der Waals surface area contributed by atoms with Gasteiger partial charge >= 0.3 is 0 Å². The maximum absolute atomic E-state index is 14.9. The minimum absolute atomic E-state index is 0.138. The summed E-state index contributed by atoms with van der Waals surface area (Å²) in [6.07, 6.45) is 15.6. The molecule has 0 bridgehead atoms. The summed E-state index contributed by atoms with van der Waals surface area (Å²) in [6.45, 7) is 6.94. The van der Waals surface area contributed by atoms with Crippen molar-refractivity contribution in [1.82, 2.24) is 4.98 Å². The zero-order chi connectivity index (χ0) is 21.3. The largest absolute Gasteiger partial charge is 0.256 e. The Morgan fingerprint density at radius 1 is 1.00 bits per heavy atom. The quantitative estimate of drug-likeness (QED) is 0.384. The fourth-order valence-electron chi connectivity index (χ4n) is 5.40. The van der Waals surface area contributed by atoms with Crippen LogP contribution < -0.4 is 0 Å². The fourth-order valence-corrected chi connectivity index (χ4v) is 5.40. The van der Waals surface area contributed by atoms with Crippen molar-refractivity contribution in [1.29, 1.82) is 0 Å². The molecule has 3 rings (SSSR count). The van der Waals surface area contributed by atoms with Crippen LogP contribution in [0, 0.1) is 23.6 Å². The number of hydrogen-bond acceptors (Lipinski definition) is 1. The minimum atomic E-state index is -0.138. The molecule has 0 spiro atoms. The molecule has 1 saturated carbocycles. The van der Waals surface area contributed by atoms with E-state index in [4.69, 9.17) is 0 Å². The Kier molecular flexibility index (Phi) is 8.90. The molecule has 1 nitrogen and oxygen atoms in total. The number of nitrogens with zero attached hydrogens (tertiary/aromatic N) is 1. The van der Waals surface area contributed by atoms with E-state index in [1.54, 1.807) is 6.07 Å². The van der Waals surface area contributed by atoms with Gasteiger partial charge < -0.3 is 0 Å². The highest BCUT2D eigenvalue weighted by Gasteiger charge is 2.28. The van der Waals surface area contributed by atoms with Gasteiger partial charge in [-0.3, -0.25) is 4.98 Å². The lowest BCUT2D eigenvalue weighted by Gasteiger charge is -2.36. The molecular weight excluding hydrogens is 369 g/mol.